The lowest BCUT2D eigenvalue weighted by atomic mass is 10.1. The molecule has 1 nitrogen and oxygen atoms in total. The molecule has 0 fully saturated rings. The number of hydrogen-bond acceptors (Lipinski definition) is 1. The first-order chi connectivity index (χ1) is 8.77. The molecule has 0 saturated carbocycles. The highest BCUT2D eigenvalue weighted by atomic mass is 35.5. The van der Waals surface area contributed by atoms with Crippen LogP contribution in [0.1, 0.15) is 11.1 Å². The third-order valence-electron chi connectivity index (χ3n) is 2.80. The zero-order valence-electron chi connectivity index (χ0n) is 10.4. The Morgan fingerprint density at radius 3 is 2.42 bits per heavy atom. The highest BCUT2D eigenvalue weighted by Gasteiger charge is 2.05. The maximum Gasteiger partial charge on any atom is 0.129 e. The SMILES string of the molecule is Cl.Fc1cccc(Cl)c1CNCCc1ccccc1. The summed E-state index contributed by atoms with van der Waals surface area (Å²) in [6, 6.07) is 14.9. The zero-order chi connectivity index (χ0) is 12.8. The summed E-state index contributed by atoms with van der Waals surface area (Å²) in [7, 11) is 0. The second-order valence-electron chi connectivity index (χ2n) is 4.11. The minimum Gasteiger partial charge on any atom is -0.312 e. The van der Waals surface area contributed by atoms with Crippen LogP contribution in [0.15, 0.2) is 48.5 Å². The predicted molar refractivity (Wildman–Crippen MR) is 80.5 cm³/mol. The average molecular weight is 300 g/mol. The number of hydrogen-bond donors (Lipinski definition) is 1. The van der Waals surface area contributed by atoms with E-state index in [0.717, 1.165) is 13.0 Å². The largest absolute Gasteiger partial charge is 0.312 e. The van der Waals surface area contributed by atoms with Gasteiger partial charge in [0.2, 0.25) is 0 Å². The van der Waals surface area contributed by atoms with Gasteiger partial charge in [-0.3, -0.25) is 0 Å². The quantitative estimate of drug-likeness (QED) is 0.815. The Morgan fingerprint density at radius 1 is 1.00 bits per heavy atom. The molecule has 2 aromatic carbocycles. The van der Waals surface area contributed by atoms with E-state index in [0.29, 0.717) is 17.1 Å². The van der Waals surface area contributed by atoms with Crippen molar-refractivity contribution in [3.8, 4) is 0 Å². The summed E-state index contributed by atoms with van der Waals surface area (Å²) in [6.45, 7) is 1.26. The Bertz CT molecular complexity index is 483. The number of nitrogens with one attached hydrogen (secondary N) is 1. The van der Waals surface area contributed by atoms with Crippen molar-refractivity contribution in [2.45, 2.75) is 13.0 Å². The van der Waals surface area contributed by atoms with Crippen LogP contribution in [0.25, 0.3) is 0 Å². The highest BCUT2D eigenvalue weighted by Crippen LogP contribution is 2.18. The van der Waals surface area contributed by atoms with Gasteiger partial charge in [-0.25, -0.2) is 4.39 Å². The van der Waals surface area contributed by atoms with Crippen LogP contribution in [-0.2, 0) is 13.0 Å². The maximum absolute atomic E-state index is 13.5. The lowest BCUT2D eigenvalue weighted by Crippen LogP contribution is -2.17. The molecule has 0 aliphatic rings. The first-order valence-electron chi connectivity index (χ1n) is 5.95. The molecule has 102 valence electrons. The second-order valence-corrected chi connectivity index (χ2v) is 4.52. The maximum atomic E-state index is 13.5. The number of rotatable bonds is 5. The van der Waals surface area contributed by atoms with Crippen LogP contribution in [0, 0.1) is 5.82 Å². The van der Waals surface area contributed by atoms with Crippen LogP contribution in [0.4, 0.5) is 4.39 Å². The van der Waals surface area contributed by atoms with Gasteiger partial charge in [0.05, 0.1) is 0 Å². The van der Waals surface area contributed by atoms with Gasteiger partial charge < -0.3 is 5.32 Å². The summed E-state index contributed by atoms with van der Waals surface area (Å²) in [5, 5.41) is 3.68. The molecule has 1 N–H and O–H groups in total. The van der Waals surface area contributed by atoms with Crippen LogP contribution < -0.4 is 5.32 Å². The predicted octanol–water partition coefficient (Wildman–Crippen LogP) is 4.23. The van der Waals surface area contributed by atoms with Crippen molar-refractivity contribution in [1.82, 2.24) is 5.32 Å². The molecular formula is C15H16Cl2FN. The summed E-state index contributed by atoms with van der Waals surface area (Å²) in [5.74, 6) is -0.255. The molecule has 19 heavy (non-hydrogen) atoms. The zero-order valence-corrected chi connectivity index (χ0v) is 12.0. The lowest BCUT2D eigenvalue weighted by molar-refractivity contribution is 0.588. The van der Waals surface area contributed by atoms with Crippen molar-refractivity contribution in [3.63, 3.8) is 0 Å². The van der Waals surface area contributed by atoms with E-state index in [1.54, 1.807) is 12.1 Å². The Morgan fingerprint density at radius 2 is 1.74 bits per heavy atom. The van der Waals surface area contributed by atoms with Crippen LogP contribution in [-0.4, -0.2) is 6.54 Å². The Kier molecular flexibility index (Phi) is 6.85. The normalized spacial score (nSPS) is 10.0. The standard InChI is InChI=1S/C15H15ClFN.ClH/c16-14-7-4-8-15(17)13(14)11-18-10-9-12-5-2-1-3-6-12;/h1-8,18H,9-11H2;1H. The molecular weight excluding hydrogens is 284 g/mol. The molecule has 2 rings (SSSR count). The fourth-order valence-electron chi connectivity index (χ4n) is 1.79. The summed E-state index contributed by atoms with van der Waals surface area (Å²) in [6.07, 6.45) is 0.924. The number of halogens is 3. The van der Waals surface area contributed by atoms with Crippen LogP contribution in [0.3, 0.4) is 0 Å². The van der Waals surface area contributed by atoms with Crippen molar-refractivity contribution < 1.29 is 4.39 Å². The molecule has 0 aliphatic heterocycles. The van der Waals surface area contributed by atoms with Crippen LogP contribution in [0.2, 0.25) is 5.02 Å². The van der Waals surface area contributed by atoms with E-state index >= 15 is 0 Å². The molecule has 0 spiro atoms. The Labute approximate surface area is 124 Å². The summed E-state index contributed by atoms with van der Waals surface area (Å²) in [5.41, 5.74) is 1.80. The minimum absolute atomic E-state index is 0. The molecule has 4 heteroatoms. The molecule has 0 radical (unpaired) electrons. The van der Waals surface area contributed by atoms with Crippen molar-refractivity contribution in [2.75, 3.05) is 6.54 Å². The van der Waals surface area contributed by atoms with Crippen molar-refractivity contribution in [2.24, 2.45) is 0 Å². The third-order valence-corrected chi connectivity index (χ3v) is 3.15. The smallest absolute Gasteiger partial charge is 0.129 e. The van der Waals surface area contributed by atoms with Crippen molar-refractivity contribution in [1.29, 1.82) is 0 Å². The molecule has 0 aliphatic carbocycles. The van der Waals surface area contributed by atoms with E-state index in [-0.39, 0.29) is 18.2 Å². The summed E-state index contributed by atoms with van der Waals surface area (Å²) < 4.78 is 13.5. The van der Waals surface area contributed by atoms with Gasteiger partial charge in [-0.2, -0.15) is 0 Å². The highest BCUT2D eigenvalue weighted by molar-refractivity contribution is 6.31. The van der Waals surface area contributed by atoms with Gasteiger partial charge in [0.1, 0.15) is 5.82 Å². The second kappa shape index (κ2) is 8.16. The summed E-state index contributed by atoms with van der Waals surface area (Å²) in [4.78, 5) is 0. The molecule has 0 saturated heterocycles. The molecule has 0 aromatic heterocycles. The van der Waals surface area contributed by atoms with Crippen molar-refractivity contribution in [3.05, 3.63) is 70.5 Å². The van der Waals surface area contributed by atoms with Gasteiger partial charge in [-0.1, -0.05) is 48.0 Å². The van der Waals surface area contributed by atoms with Gasteiger partial charge in [0.25, 0.3) is 0 Å². The molecule has 0 bridgehead atoms. The van der Waals surface area contributed by atoms with Gasteiger partial charge in [0.15, 0.2) is 0 Å². The van der Waals surface area contributed by atoms with Crippen LogP contribution in [0.5, 0.6) is 0 Å². The molecule has 2 aromatic rings. The molecule has 0 amide bonds. The molecule has 0 unspecified atom stereocenters. The van der Waals surface area contributed by atoms with Gasteiger partial charge in [-0.15, -0.1) is 12.4 Å². The van der Waals surface area contributed by atoms with Crippen LogP contribution >= 0.6 is 24.0 Å². The monoisotopic (exact) mass is 299 g/mol. The topological polar surface area (TPSA) is 12.0 Å². The third kappa shape index (κ3) is 4.83. The average Bonchev–Trinajstić information content (AvgIpc) is 2.38. The number of benzene rings is 2. The van der Waals surface area contributed by atoms with Gasteiger partial charge in [-0.05, 0) is 30.7 Å². The Hall–Kier alpha value is -1.09. The first-order valence-corrected chi connectivity index (χ1v) is 6.32. The summed E-state index contributed by atoms with van der Waals surface area (Å²) >= 11 is 5.95. The molecule has 0 atom stereocenters. The van der Waals surface area contributed by atoms with Crippen molar-refractivity contribution >= 4 is 24.0 Å². The first kappa shape index (κ1) is 16.0. The fraction of sp³-hybridized carbons (Fsp3) is 0.200. The van der Waals surface area contributed by atoms with E-state index in [1.807, 2.05) is 18.2 Å². The van der Waals surface area contributed by atoms with E-state index in [9.17, 15) is 4.39 Å². The van der Waals surface area contributed by atoms with Gasteiger partial charge in [0, 0.05) is 17.1 Å². The Balaban J connectivity index is 0.00000180. The minimum atomic E-state index is -0.255. The van der Waals surface area contributed by atoms with E-state index < -0.39 is 0 Å². The van der Waals surface area contributed by atoms with E-state index in [4.69, 9.17) is 11.6 Å². The fourth-order valence-corrected chi connectivity index (χ4v) is 2.02. The van der Waals surface area contributed by atoms with E-state index in [1.165, 1.54) is 11.6 Å². The van der Waals surface area contributed by atoms with Gasteiger partial charge >= 0.3 is 0 Å². The van der Waals surface area contributed by atoms with E-state index in [2.05, 4.69) is 17.4 Å². The molecule has 0 heterocycles. The lowest BCUT2D eigenvalue weighted by Gasteiger charge is -2.07.